The molecule has 0 aromatic carbocycles. The third-order valence-corrected chi connectivity index (χ3v) is 7.35. The monoisotopic (exact) mass is 362 g/mol. The Morgan fingerprint density at radius 1 is 1.04 bits per heavy atom. The molecule has 0 radical (unpaired) electrons. The maximum Gasteiger partial charge on any atom is 0.188 e. The van der Waals surface area contributed by atoms with Gasteiger partial charge in [0.2, 0.25) is 0 Å². The summed E-state index contributed by atoms with van der Waals surface area (Å²) in [5, 5.41) is 5.64. The van der Waals surface area contributed by atoms with E-state index in [9.17, 15) is 0 Å². The van der Waals surface area contributed by atoms with Gasteiger partial charge in [0.05, 0.1) is 10.4 Å². The van der Waals surface area contributed by atoms with E-state index in [1.54, 1.807) is 11.3 Å². The first-order valence-electron chi connectivity index (χ1n) is 9.50. The van der Waals surface area contributed by atoms with Crippen LogP contribution in [0.3, 0.4) is 0 Å². The van der Waals surface area contributed by atoms with Gasteiger partial charge in [-0.3, -0.25) is 4.90 Å². The summed E-state index contributed by atoms with van der Waals surface area (Å²) < 4.78 is 3.15. The lowest BCUT2D eigenvalue weighted by atomic mass is 9.89. The Labute approximate surface area is 154 Å². The van der Waals surface area contributed by atoms with Crippen molar-refractivity contribution in [1.82, 2.24) is 24.6 Å². The Kier molecular flexibility index (Phi) is 4.73. The van der Waals surface area contributed by atoms with E-state index in [0.29, 0.717) is 6.04 Å². The third-order valence-electron chi connectivity index (χ3n) is 6.14. The fourth-order valence-corrected chi connectivity index (χ4v) is 5.39. The molecule has 7 heteroatoms. The van der Waals surface area contributed by atoms with Crippen LogP contribution in [0.15, 0.2) is 0 Å². The van der Waals surface area contributed by atoms with Crippen molar-refractivity contribution in [2.45, 2.75) is 32.7 Å². The molecule has 138 valence electrons. The van der Waals surface area contributed by atoms with Gasteiger partial charge in [-0.25, -0.2) is 9.67 Å². The molecule has 2 aromatic rings. The Morgan fingerprint density at radius 2 is 1.72 bits per heavy atom. The van der Waals surface area contributed by atoms with Crippen LogP contribution in [0.25, 0.3) is 10.3 Å². The van der Waals surface area contributed by atoms with Crippen LogP contribution in [-0.2, 0) is 7.05 Å². The quantitative estimate of drug-likeness (QED) is 0.837. The predicted octanol–water partition coefficient (Wildman–Crippen LogP) is 2.19. The topological polar surface area (TPSA) is 40.4 Å². The minimum Gasteiger partial charge on any atom is -0.348 e. The number of piperidine rings is 1. The van der Waals surface area contributed by atoms with Crippen molar-refractivity contribution in [3.63, 3.8) is 0 Å². The average molecular weight is 363 g/mol. The van der Waals surface area contributed by atoms with Gasteiger partial charge in [0, 0.05) is 52.4 Å². The number of aryl methyl sites for hydroxylation is 2. The maximum atomic E-state index is 4.85. The fourth-order valence-electron chi connectivity index (χ4n) is 4.31. The zero-order chi connectivity index (χ0) is 17.6. The van der Waals surface area contributed by atoms with Crippen LogP contribution in [0, 0.1) is 12.8 Å². The molecule has 0 saturated carbocycles. The summed E-state index contributed by atoms with van der Waals surface area (Å²) in [4.78, 5) is 12.5. The summed E-state index contributed by atoms with van der Waals surface area (Å²) in [6.07, 6.45) is 2.56. The van der Waals surface area contributed by atoms with E-state index in [4.69, 9.17) is 4.98 Å². The zero-order valence-electron chi connectivity index (χ0n) is 15.9. The standard InChI is InChI=1S/C18H30N6S/c1-13-16-17(22(4)20-13)19-18(25-16)24-7-5-15(6-8-24)14(2)23-11-9-21(3)10-12-23/h14-15H,5-12H2,1-4H3/t14-/m1/s1. The SMILES string of the molecule is Cc1nn(C)c2nc(N3CCC([C@@H](C)N4CCN(C)CC4)CC3)sc12. The molecule has 4 heterocycles. The Hall–Kier alpha value is -1.18. The number of aromatic nitrogens is 3. The molecule has 6 nitrogen and oxygen atoms in total. The van der Waals surface area contributed by atoms with Gasteiger partial charge in [-0.15, -0.1) is 0 Å². The fraction of sp³-hybridized carbons (Fsp3) is 0.778. The molecular weight excluding hydrogens is 332 g/mol. The highest BCUT2D eigenvalue weighted by atomic mass is 32.1. The van der Waals surface area contributed by atoms with Gasteiger partial charge in [-0.2, -0.15) is 5.10 Å². The second kappa shape index (κ2) is 6.85. The Bertz CT molecular complexity index is 687. The molecular formula is C18H30N6S. The van der Waals surface area contributed by atoms with Gasteiger partial charge in [0.25, 0.3) is 0 Å². The molecule has 2 aromatic heterocycles. The summed E-state index contributed by atoms with van der Waals surface area (Å²) in [6.45, 7) is 11.7. The van der Waals surface area contributed by atoms with Crippen molar-refractivity contribution < 1.29 is 0 Å². The highest BCUT2D eigenvalue weighted by Gasteiger charge is 2.30. The first-order valence-corrected chi connectivity index (χ1v) is 10.3. The van der Waals surface area contributed by atoms with E-state index in [1.807, 2.05) is 11.7 Å². The molecule has 0 aliphatic carbocycles. The van der Waals surface area contributed by atoms with Gasteiger partial charge in [0.1, 0.15) is 0 Å². The zero-order valence-corrected chi connectivity index (χ0v) is 16.7. The van der Waals surface area contributed by atoms with E-state index in [0.717, 1.165) is 30.3 Å². The van der Waals surface area contributed by atoms with Gasteiger partial charge < -0.3 is 9.80 Å². The van der Waals surface area contributed by atoms with Crippen LogP contribution in [0.2, 0.25) is 0 Å². The van der Waals surface area contributed by atoms with Crippen LogP contribution in [0.4, 0.5) is 5.13 Å². The maximum absolute atomic E-state index is 4.85. The summed E-state index contributed by atoms with van der Waals surface area (Å²) in [5.74, 6) is 0.817. The van der Waals surface area contributed by atoms with Crippen LogP contribution in [0.1, 0.15) is 25.5 Å². The lowest BCUT2D eigenvalue weighted by Crippen LogP contribution is -2.51. The van der Waals surface area contributed by atoms with Gasteiger partial charge in [-0.05, 0) is 39.7 Å². The van der Waals surface area contributed by atoms with Crippen LogP contribution in [-0.4, -0.2) is 76.9 Å². The summed E-state index contributed by atoms with van der Waals surface area (Å²) in [7, 11) is 4.22. The molecule has 2 fully saturated rings. The van der Waals surface area contributed by atoms with Crippen molar-refractivity contribution in [3.8, 4) is 0 Å². The van der Waals surface area contributed by atoms with E-state index in [-0.39, 0.29) is 0 Å². The number of likely N-dealkylation sites (N-methyl/N-ethyl adjacent to an activating group) is 1. The number of fused-ring (bicyclic) bond motifs is 1. The van der Waals surface area contributed by atoms with Crippen LogP contribution in [0.5, 0.6) is 0 Å². The Balaban J connectivity index is 1.38. The van der Waals surface area contributed by atoms with Gasteiger partial charge >= 0.3 is 0 Å². The number of hydrogen-bond donors (Lipinski definition) is 0. The van der Waals surface area contributed by atoms with Crippen LogP contribution < -0.4 is 4.90 Å². The first-order chi connectivity index (χ1) is 12.0. The number of hydrogen-bond acceptors (Lipinski definition) is 6. The highest BCUT2D eigenvalue weighted by molar-refractivity contribution is 7.22. The third kappa shape index (κ3) is 3.29. The van der Waals surface area contributed by atoms with E-state index in [2.05, 4.69) is 40.7 Å². The molecule has 25 heavy (non-hydrogen) atoms. The number of thiazole rings is 1. The predicted molar refractivity (Wildman–Crippen MR) is 105 cm³/mol. The van der Waals surface area contributed by atoms with Crippen molar-refractivity contribution >= 4 is 26.8 Å². The van der Waals surface area contributed by atoms with E-state index >= 15 is 0 Å². The van der Waals surface area contributed by atoms with Crippen molar-refractivity contribution in [3.05, 3.63) is 5.69 Å². The smallest absolute Gasteiger partial charge is 0.188 e. The number of anilines is 1. The van der Waals surface area contributed by atoms with Crippen molar-refractivity contribution in [2.75, 3.05) is 51.2 Å². The minimum atomic E-state index is 0.706. The second-order valence-electron chi connectivity index (χ2n) is 7.76. The van der Waals surface area contributed by atoms with Crippen molar-refractivity contribution in [2.24, 2.45) is 13.0 Å². The van der Waals surface area contributed by atoms with Gasteiger partial charge in [-0.1, -0.05) is 11.3 Å². The highest BCUT2D eigenvalue weighted by Crippen LogP contribution is 2.34. The Morgan fingerprint density at radius 3 is 2.36 bits per heavy atom. The number of rotatable bonds is 3. The van der Waals surface area contributed by atoms with Gasteiger partial charge in [0.15, 0.2) is 10.8 Å². The van der Waals surface area contributed by atoms with E-state index in [1.165, 1.54) is 48.9 Å². The van der Waals surface area contributed by atoms with Crippen LogP contribution >= 0.6 is 11.3 Å². The molecule has 2 saturated heterocycles. The molecule has 0 N–H and O–H groups in total. The molecule has 2 aliphatic rings. The molecule has 0 amide bonds. The number of piperazine rings is 1. The average Bonchev–Trinajstić information content (AvgIpc) is 3.17. The van der Waals surface area contributed by atoms with Crippen molar-refractivity contribution in [1.29, 1.82) is 0 Å². The van der Waals surface area contributed by atoms with E-state index < -0.39 is 0 Å². The summed E-state index contributed by atoms with van der Waals surface area (Å²) in [6, 6.07) is 0.706. The lowest BCUT2D eigenvalue weighted by Gasteiger charge is -2.42. The summed E-state index contributed by atoms with van der Waals surface area (Å²) in [5.41, 5.74) is 2.13. The number of nitrogens with zero attached hydrogens (tertiary/aromatic N) is 6. The first kappa shape index (κ1) is 17.2. The molecule has 0 unspecified atom stereocenters. The molecule has 2 aliphatic heterocycles. The normalized spacial score (nSPS) is 22.8. The molecule has 0 spiro atoms. The molecule has 4 rings (SSSR count). The second-order valence-corrected chi connectivity index (χ2v) is 8.74. The molecule has 1 atom stereocenters. The molecule has 0 bridgehead atoms. The largest absolute Gasteiger partial charge is 0.348 e. The lowest BCUT2D eigenvalue weighted by molar-refractivity contribution is 0.0814. The minimum absolute atomic E-state index is 0.706. The summed E-state index contributed by atoms with van der Waals surface area (Å²) >= 11 is 1.80.